The summed E-state index contributed by atoms with van der Waals surface area (Å²) in [5, 5.41) is 3.35. The number of carbonyl (C=O) groups excluding carboxylic acids is 1. The van der Waals surface area contributed by atoms with E-state index >= 15 is 0 Å². The molecule has 0 radical (unpaired) electrons. The highest BCUT2D eigenvalue weighted by atomic mass is 35.5. The molecule has 2 aliphatic heterocycles. The monoisotopic (exact) mass is 394 g/mol. The number of fused-ring (bicyclic) bond motifs is 1. The predicted molar refractivity (Wildman–Crippen MR) is 108 cm³/mol. The maximum atomic E-state index is 12.8. The number of halogens is 2. The minimum absolute atomic E-state index is 0. The Morgan fingerprint density at radius 1 is 1.04 bits per heavy atom. The molecule has 1 amide bonds. The number of imidazole rings is 1. The van der Waals surface area contributed by atoms with Crippen LogP contribution in [-0.2, 0) is 13.0 Å². The van der Waals surface area contributed by atoms with Crippen LogP contribution in [0.25, 0.3) is 5.57 Å². The Balaban J connectivity index is 0.00000121. The molecule has 4 rings (SSSR count). The molecule has 0 unspecified atom stereocenters. The first kappa shape index (κ1) is 20.5. The van der Waals surface area contributed by atoms with Crippen LogP contribution in [0, 0.1) is 0 Å². The highest BCUT2D eigenvalue weighted by Gasteiger charge is 2.23. The normalized spacial score (nSPS) is 16.5. The number of nitrogens with zero attached hydrogens (tertiary/aromatic N) is 3. The Bertz CT molecular complexity index is 750. The van der Waals surface area contributed by atoms with Crippen molar-refractivity contribution in [2.45, 2.75) is 19.4 Å². The van der Waals surface area contributed by atoms with Gasteiger partial charge in [-0.3, -0.25) is 4.79 Å². The summed E-state index contributed by atoms with van der Waals surface area (Å²) in [7, 11) is 0. The van der Waals surface area contributed by atoms with E-state index in [9.17, 15) is 4.79 Å². The topological polar surface area (TPSA) is 50.2 Å². The van der Waals surface area contributed by atoms with E-state index < -0.39 is 0 Å². The number of nitrogens with one attached hydrogen (secondary N) is 1. The van der Waals surface area contributed by atoms with E-state index in [4.69, 9.17) is 0 Å². The van der Waals surface area contributed by atoms with Crippen LogP contribution in [0.2, 0.25) is 0 Å². The van der Waals surface area contributed by atoms with Gasteiger partial charge in [-0.1, -0.05) is 36.4 Å². The molecule has 1 aromatic carbocycles. The molecule has 0 spiro atoms. The van der Waals surface area contributed by atoms with Gasteiger partial charge in [0.2, 0.25) is 0 Å². The van der Waals surface area contributed by atoms with Crippen LogP contribution >= 0.6 is 24.8 Å². The Morgan fingerprint density at radius 3 is 2.58 bits per heavy atom. The van der Waals surface area contributed by atoms with Gasteiger partial charge in [-0.05, 0) is 17.6 Å². The van der Waals surface area contributed by atoms with Gasteiger partial charge in [-0.2, -0.15) is 0 Å². The molecule has 2 aromatic rings. The Hall–Kier alpha value is -1.82. The molecule has 0 aliphatic carbocycles. The molecule has 140 valence electrons. The van der Waals surface area contributed by atoms with Crippen LogP contribution in [-0.4, -0.2) is 46.5 Å². The van der Waals surface area contributed by atoms with E-state index in [1.54, 1.807) is 0 Å². The van der Waals surface area contributed by atoms with E-state index in [0.717, 1.165) is 44.8 Å². The smallest absolute Gasteiger partial charge is 0.274 e. The number of aromatic nitrogens is 2. The molecule has 3 heterocycles. The van der Waals surface area contributed by atoms with Gasteiger partial charge in [0.05, 0.1) is 0 Å². The lowest BCUT2D eigenvalue weighted by molar-refractivity contribution is 0.0767. The summed E-state index contributed by atoms with van der Waals surface area (Å²) in [6.45, 7) is 4.16. The highest BCUT2D eigenvalue weighted by molar-refractivity contribution is 5.93. The molecule has 26 heavy (non-hydrogen) atoms. The first-order chi connectivity index (χ1) is 11.8. The van der Waals surface area contributed by atoms with E-state index in [2.05, 4.69) is 45.2 Å². The van der Waals surface area contributed by atoms with E-state index in [-0.39, 0.29) is 30.7 Å². The number of rotatable bonds is 2. The summed E-state index contributed by atoms with van der Waals surface area (Å²) in [4.78, 5) is 19.2. The minimum Gasteiger partial charge on any atom is -0.333 e. The van der Waals surface area contributed by atoms with Crippen LogP contribution in [0.1, 0.15) is 28.3 Å². The molecular weight excluding hydrogens is 371 g/mol. The molecule has 7 heteroatoms. The number of amides is 1. The van der Waals surface area contributed by atoms with Gasteiger partial charge in [0.1, 0.15) is 11.5 Å². The van der Waals surface area contributed by atoms with Crippen LogP contribution in [0.5, 0.6) is 0 Å². The molecule has 5 nitrogen and oxygen atoms in total. The zero-order valence-corrected chi connectivity index (χ0v) is 16.2. The van der Waals surface area contributed by atoms with Gasteiger partial charge in [0.15, 0.2) is 0 Å². The molecule has 0 bridgehead atoms. The van der Waals surface area contributed by atoms with Gasteiger partial charge in [0.25, 0.3) is 5.91 Å². The summed E-state index contributed by atoms with van der Waals surface area (Å²) in [6, 6.07) is 10.4. The van der Waals surface area contributed by atoms with Crippen molar-refractivity contribution < 1.29 is 4.79 Å². The average molecular weight is 395 g/mol. The second-order valence-electron chi connectivity index (χ2n) is 6.33. The Morgan fingerprint density at radius 2 is 1.85 bits per heavy atom. The van der Waals surface area contributed by atoms with Crippen molar-refractivity contribution in [1.82, 2.24) is 19.8 Å². The highest BCUT2D eigenvalue weighted by Crippen LogP contribution is 2.23. The third-order valence-electron chi connectivity index (χ3n) is 4.77. The first-order valence-corrected chi connectivity index (χ1v) is 8.62. The lowest BCUT2D eigenvalue weighted by Gasteiger charge is -2.26. The largest absolute Gasteiger partial charge is 0.333 e. The molecular formula is C19H24Cl2N4O. The van der Waals surface area contributed by atoms with Gasteiger partial charge in [-0.25, -0.2) is 4.98 Å². The lowest BCUT2D eigenvalue weighted by Crippen LogP contribution is -2.35. The second-order valence-corrected chi connectivity index (χ2v) is 6.33. The van der Waals surface area contributed by atoms with Crippen molar-refractivity contribution in [3.63, 3.8) is 0 Å². The number of hydrogen-bond donors (Lipinski definition) is 1. The fraction of sp³-hybridized carbons (Fsp3) is 0.368. The van der Waals surface area contributed by atoms with Crippen LogP contribution in [0.4, 0.5) is 0 Å². The SMILES string of the molecule is Cl.Cl.O=C(c1cn2c(n1)CCNCC2)N1CC=C(c2ccccc2)CC1. The molecule has 2 aliphatic rings. The summed E-state index contributed by atoms with van der Waals surface area (Å²) in [5.74, 6) is 1.06. The molecule has 0 fully saturated rings. The van der Waals surface area contributed by atoms with Gasteiger partial charge >= 0.3 is 0 Å². The standard InChI is InChI=1S/C19H22N4O.2ClH/c24-19(17-14-23-13-10-20-9-6-18(23)21-17)22-11-7-16(8-12-22)15-4-2-1-3-5-15;;/h1-5,7,14,20H,6,8-13H2;2*1H. The fourth-order valence-electron chi connectivity index (χ4n) is 3.41. The third-order valence-corrected chi connectivity index (χ3v) is 4.77. The van der Waals surface area contributed by atoms with Crippen LogP contribution in [0.15, 0.2) is 42.6 Å². The summed E-state index contributed by atoms with van der Waals surface area (Å²) in [6.07, 6.45) is 5.86. The molecule has 0 saturated heterocycles. The van der Waals surface area contributed by atoms with Gasteiger partial charge < -0.3 is 14.8 Å². The van der Waals surface area contributed by atoms with Crippen molar-refractivity contribution in [1.29, 1.82) is 0 Å². The number of carbonyl (C=O) groups is 1. The van der Waals surface area contributed by atoms with E-state index in [0.29, 0.717) is 12.2 Å². The minimum atomic E-state index is 0. The van der Waals surface area contributed by atoms with Crippen LogP contribution < -0.4 is 5.32 Å². The molecule has 0 saturated carbocycles. The third kappa shape index (κ3) is 4.29. The summed E-state index contributed by atoms with van der Waals surface area (Å²) < 4.78 is 2.11. The Kier molecular flexibility index (Phi) is 7.26. The molecule has 0 atom stereocenters. The van der Waals surface area contributed by atoms with Gasteiger partial charge in [-0.15, -0.1) is 24.8 Å². The van der Waals surface area contributed by atoms with Crippen molar-refractivity contribution in [3.05, 3.63) is 59.7 Å². The number of hydrogen-bond acceptors (Lipinski definition) is 3. The maximum Gasteiger partial charge on any atom is 0.274 e. The predicted octanol–water partition coefficient (Wildman–Crippen LogP) is 2.80. The molecule has 1 aromatic heterocycles. The van der Waals surface area contributed by atoms with Gasteiger partial charge in [0, 0.05) is 45.3 Å². The van der Waals surface area contributed by atoms with Crippen molar-refractivity contribution >= 4 is 36.3 Å². The molecule has 1 N–H and O–H groups in total. The summed E-state index contributed by atoms with van der Waals surface area (Å²) >= 11 is 0. The average Bonchev–Trinajstić information content (AvgIpc) is 2.92. The first-order valence-electron chi connectivity index (χ1n) is 8.62. The fourth-order valence-corrected chi connectivity index (χ4v) is 3.41. The zero-order valence-electron chi connectivity index (χ0n) is 14.6. The quantitative estimate of drug-likeness (QED) is 0.851. The van der Waals surface area contributed by atoms with Crippen molar-refractivity contribution in [2.24, 2.45) is 0 Å². The van der Waals surface area contributed by atoms with Crippen molar-refractivity contribution in [3.8, 4) is 0 Å². The van der Waals surface area contributed by atoms with Crippen molar-refractivity contribution in [2.75, 3.05) is 26.2 Å². The van der Waals surface area contributed by atoms with Crippen LogP contribution in [0.3, 0.4) is 0 Å². The second kappa shape index (κ2) is 9.21. The zero-order chi connectivity index (χ0) is 16.4. The summed E-state index contributed by atoms with van der Waals surface area (Å²) in [5.41, 5.74) is 3.17. The van der Waals surface area contributed by atoms with E-state index in [1.807, 2.05) is 17.2 Å². The maximum absolute atomic E-state index is 12.8. The van der Waals surface area contributed by atoms with E-state index in [1.165, 1.54) is 11.1 Å². The Labute approximate surface area is 166 Å². The number of benzene rings is 1. The lowest BCUT2D eigenvalue weighted by atomic mass is 9.99.